The second-order valence-corrected chi connectivity index (χ2v) is 5.49. The van der Waals surface area contributed by atoms with Crippen LogP contribution in [0.25, 0.3) is 0 Å². The standard InChI is InChI=1S/C15H25NO/c1-12(2)11-16-10-9-15(4,17)14-7-5-13(3)6-8-14/h5-8,12,16-17H,9-11H2,1-4H3. The summed E-state index contributed by atoms with van der Waals surface area (Å²) in [5, 5.41) is 13.8. The molecule has 0 heterocycles. The van der Waals surface area contributed by atoms with Crippen molar-refractivity contribution in [1.29, 1.82) is 0 Å². The van der Waals surface area contributed by atoms with Gasteiger partial charge in [0.25, 0.3) is 0 Å². The molecule has 1 rings (SSSR count). The third kappa shape index (κ3) is 4.88. The highest BCUT2D eigenvalue weighted by atomic mass is 16.3. The van der Waals surface area contributed by atoms with E-state index in [4.69, 9.17) is 0 Å². The zero-order chi connectivity index (χ0) is 12.9. The van der Waals surface area contributed by atoms with Gasteiger partial charge < -0.3 is 10.4 Å². The van der Waals surface area contributed by atoms with Crippen LogP contribution in [-0.2, 0) is 5.60 Å². The van der Waals surface area contributed by atoms with Crippen molar-refractivity contribution >= 4 is 0 Å². The number of nitrogens with one attached hydrogen (secondary N) is 1. The van der Waals surface area contributed by atoms with Crippen LogP contribution in [0.3, 0.4) is 0 Å². The van der Waals surface area contributed by atoms with E-state index in [1.807, 2.05) is 31.2 Å². The van der Waals surface area contributed by atoms with Gasteiger partial charge in [-0.05, 0) is 44.8 Å². The molecule has 1 aromatic rings. The Hall–Kier alpha value is -0.860. The van der Waals surface area contributed by atoms with Gasteiger partial charge in [0.05, 0.1) is 5.60 Å². The van der Waals surface area contributed by atoms with Gasteiger partial charge in [-0.25, -0.2) is 0 Å². The Labute approximate surface area is 105 Å². The van der Waals surface area contributed by atoms with Gasteiger partial charge in [-0.1, -0.05) is 43.7 Å². The average molecular weight is 235 g/mol. The van der Waals surface area contributed by atoms with E-state index in [-0.39, 0.29) is 0 Å². The minimum absolute atomic E-state index is 0.652. The first kappa shape index (κ1) is 14.2. The Morgan fingerprint density at radius 2 is 1.82 bits per heavy atom. The fourth-order valence-corrected chi connectivity index (χ4v) is 1.78. The van der Waals surface area contributed by atoms with Crippen LogP contribution < -0.4 is 5.32 Å². The molecule has 2 nitrogen and oxygen atoms in total. The zero-order valence-electron chi connectivity index (χ0n) is 11.5. The van der Waals surface area contributed by atoms with Crippen LogP contribution in [0.1, 0.15) is 38.3 Å². The quantitative estimate of drug-likeness (QED) is 0.743. The molecule has 2 heteroatoms. The molecular formula is C15H25NO. The fourth-order valence-electron chi connectivity index (χ4n) is 1.78. The van der Waals surface area contributed by atoms with E-state index in [9.17, 15) is 5.11 Å². The van der Waals surface area contributed by atoms with E-state index < -0.39 is 5.60 Å². The highest BCUT2D eigenvalue weighted by Crippen LogP contribution is 2.24. The predicted molar refractivity (Wildman–Crippen MR) is 73.1 cm³/mol. The number of aliphatic hydroxyl groups is 1. The Morgan fingerprint density at radius 1 is 1.24 bits per heavy atom. The highest BCUT2D eigenvalue weighted by molar-refractivity contribution is 5.25. The molecule has 1 aromatic carbocycles. The molecule has 0 saturated heterocycles. The van der Waals surface area contributed by atoms with Crippen LogP contribution in [0, 0.1) is 12.8 Å². The number of rotatable bonds is 6. The predicted octanol–water partition coefficient (Wildman–Crippen LogP) is 2.84. The van der Waals surface area contributed by atoms with E-state index in [2.05, 4.69) is 26.1 Å². The minimum atomic E-state index is -0.738. The maximum atomic E-state index is 10.4. The molecule has 0 aliphatic carbocycles. The Kier molecular flexibility index (Phi) is 5.16. The van der Waals surface area contributed by atoms with Crippen LogP contribution >= 0.6 is 0 Å². The summed E-state index contributed by atoms with van der Waals surface area (Å²) in [6.45, 7) is 10.2. The van der Waals surface area contributed by atoms with Crippen molar-refractivity contribution in [2.24, 2.45) is 5.92 Å². The molecule has 17 heavy (non-hydrogen) atoms. The van der Waals surface area contributed by atoms with E-state index in [0.717, 1.165) is 25.1 Å². The van der Waals surface area contributed by atoms with Crippen LogP contribution in [0.5, 0.6) is 0 Å². The van der Waals surface area contributed by atoms with Crippen LogP contribution in [0.15, 0.2) is 24.3 Å². The van der Waals surface area contributed by atoms with Gasteiger partial charge in [-0.15, -0.1) is 0 Å². The molecule has 2 N–H and O–H groups in total. The first-order chi connectivity index (χ1) is 7.92. The Balaban J connectivity index is 2.47. The first-order valence-electron chi connectivity index (χ1n) is 6.42. The average Bonchev–Trinajstić information content (AvgIpc) is 2.25. The lowest BCUT2D eigenvalue weighted by Crippen LogP contribution is -2.29. The zero-order valence-corrected chi connectivity index (χ0v) is 11.5. The van der Waals surface area contributed by atoms with Crippen molar-refractivity contribution in [3.63, 3.8) is 0 Å². The molecule has 0 radical (unpaired) electrons. The van der Waals surface area contributed by atoms with Crippen molar-refractivity contribution in [3.8, 4) is 0 Å². The van der Waals surface area contributed by atoms with Crippen molar-refractivity contribution in [2.45, 2.75) is 39.7 Å². The molecule has 0 fully saturated rings. The fraction of sp³-hybridized carbons (Fsp3) is 0.600. The normalized spacial score (nSPS) is 14.9. The lowest BCUT2D eigenvalue weighted by atomic mass is 9.92. The molecule has 0 aliphatic heterocycles. The maximum Gasteiger partial charge on any atom is 0.0880 e. The van der Waals surface area contributed by atoms with Crippen molar-refractivity contribution in [3.05, 3.63) is 35.4 Å². The largest absolute Gasteiger partial charge is 0.385 e. The molecule has 0 saturated carbocycles. The number of benzene rings is 1. The lowest BCUT2D eigenvalue weighted by Gasteiger charge is -2.24. The Bertz CT molecular complexity index is 327. The summed E-state index contributed by atoms with van der Waals surface area (Å²) in [6, 6.07) is 8.12. The van der Waals surface area contributed by atoms with E-state index in [0.29, 0.717) is 5.92 Å². The molecule has 0 bridgehead atoms. The minimum Gasteiger partial charge on any atom is -0.385 e. The van der Waals surface area contributed by atoms with Crippen LogP contribution in [0.4, 0.5) is 0 Å². The monoisotopic (exact) mass is 235 g/mol. The van der Waals surface area contributed by atoms with Crippen molar-refractivity contribution < 1.29 is 5.11 Å². The summed E-state index contributed by atoms with van der Waals surface area (Å²) in [5.74, 6) is 0.652. The van der Waals surface area contributed by atoms with Gasteiger partial charge >= 0.3 is 0 Å². The van der Waals surface area contributed by atoms with E-state index in [1.165, 1.54) is 5.56 Å². The number of hydrogen-bond acceptors (Lipinski definition) is 2. The van der Waals surface area contributed by atoms with Crippen LogP contribution in [-0.4, -0.2) is 18.2 Å². The van der Waals surface area contributed by atoms with Gasteiger partial charge in [0, 0.05) is 0 Å². The van der Waals surface area contributed by atoms with Gasteiger partial charge in [0.15, 0.2) is 0 Å². The molecule has 0 aliphatic rings. The molecule has 1 unspecified atom stereocenters. The summed E-state index contributed by atoms with van der Waals surface area (Å²) < 4.78 is 0. The second kappa shape index (κ2) is 6.18. The second-order valence-electron chi connectivity index (χ2n) is 5.49. The summed E-state index contributed by atoms with van der Waals surface area (Å²) in [4.78, 5) is 0. The Morgan fingerprint density at radius 3 is 2.35 bits per heavy atom. The first-order valence-corrected chi connectivity index (χ1v) is 6.42. The third-order valence-corrected chi connectivity index (χ3v) is 3.01. The summed E-state index contributed by atoms with van der Waals surface area (Å²) in [6.07, 6.45) is 0.739. The molecular weight excluding hydrogens is 210 g/mol. The highest BCUT2D eigenvalue weighted by Gasteiger charge is 2.21. The molecule has 1 atom stereocenters. The van der Waals surface area contributed by atoms with E-state index in [1.54, 1.807) is 0 Å². The summed E-state index contributed by atoms with van der Waals surface area (Å²) >= 11 is 0. The van der Waals surface area contributed by atoms with E-state index >= 15 is 0 Å². The van der Waals surface area contributed by atoms with Gasteiger partial charge in [-0.2, -0.15) is 0 Å². The summed E-state index contributed by atoms with van der Waals surface area (Å²) in [7, 11) is 0. The number of aryl methyl sites for hydroxylation is 1. The van der Waals surface area contributed by atoms with Crippen molar-refractivity contribution in [2.75, 3.05) is 13.1 Å². The van der Waals surface area contributed by atoms with Crippen LogP contribution in [0.2, 0.25) is 0 Å². The van der Waals surface area contributed by atoms with Crippen molar-refractivity contribution in [1.82, 2.24) is 5.32 Å². The SMILES string of the molecule is Cc1ccc(C(C)(O)CCNCC(C)C)cc1. The number of hydrogen-bond donors (Lipinski definition) is 2. The van der Waals surface area contributed by atoms with Gasteiger partial charge in [0.2, 0.25) is 0 Å². The molecule has 0 amide bonds. The summed E-state index contributed by atoms with van der Waals surface area (Å²) in [5.41, 5.74) is 1.48. The topological polar surface area (TPSA) is 32.3 Å². The smallest absolute Gasteiger partial charge is 0.0880 e. The van der Waals surface area contributed by atoms with Gasteiger partial charge in [0.1, 0.15) is 0 Å². The molecule has 0 spiro atoms. The lowest BCUT2D eigenvalue weighted by molar-refractivity contribution is 0.0478. The third-order valence-electron chi connectivity index (χ3n) is 3.01. The van der Waals surface area contributed by atoms with Gasteiger partial charge in [-0.3, -0.25) is 0 Å². The maximum absolute atomic E-state index is 10.4. The molecule has 0 aromatic heterocycles. The molecule has 96 valence electrons.